The van der Waals surface area contributed by atoms with Crippen molar-refractivity contribution >= 4 is 39.0 Å². The maximum absolute atomic E-state index is 16.4. The number of nitrogens with zero attached hydrogens (tertiary/aromatic N) is 4. The molecule has 4 unspecified atom stereocenters. The second-order valence-corrected chi connectivity index (χ2v) is 12.9. The standard InChI is InChI=1S/C43H38N8O3/c1-53-37-21-29(15-19-46-37)50-41(27-9-7-17-44-23-27)39(33-25-48-35-13-5-3-11-31(33)35)43(52)40(34-26-49-36-14-6-4-12-32(34)36)42(28-10-8-18-45-24-28)51-30-16-20-47-38(22-30)54-2/h3-26,39-42,48-49H,1-2H3,(H,46,50)(H,47,51). The molecule has 2 aromatic carbocycles. The molecule has 0 saturated carbocycles. The largest absolute Gasteiger partial charge is 0.481 e. The van der Waals surface area contributed by atoms with Crippen molar-refractivity contribution in [1.29, 1.82) is 0 Å². The van der Waals surface area contributed by atoms with Crippen molar-refractivity contribution in [2.24, 2.45) is 0 Å². The number of carbonyl (C=O) groups excluding carboxylic acids is 1. The van der Waals surface area contributed by atoms with Gasteiger partial charge in [-0.05, 0) is 58.7 Å². The summed E-state index contributed by atoms with van der Waals surface area (Å²) in [6.07, 6.45) is 14.4. The Balaban J connectivity index is 1.38. The first-order chi connectivity index (χ1) is 26.6. The van der Waals surface area contributed by atoms with E-state index in [-0.39, 0.29) is 5.78 Å². The van der Waals surface area contributed by atoms with Crippen LogP contribution >= 0.6 is 0 Å². The van der Waals surface area contributed by atoms with Crippen LogP contribution in [0.25, 0.3) is 21.8 Å². The van der Waals surface area contributed by atoms with Crippen LogP contribution in [0.3, 0.4) is 0 Å². The number of hydrogen-bond acceptors (Lipinski definition) is 9. The van der Waals surface area contributed by atoms with Crippen LogP contribution in [0.1, 0.15) is 46.2 Å². The van der Waals surface area contributed by atoms with Crippen LogP contribution in [0, 0.1) is 0 Å². The molecule has 0 saturated heterocycles. The molecule has 4 N–H and O–H groups in total. The second-order valence-electron chi connectivity index (χ2n) is 12.9. The number of rotatable bonds is 14. The number of ether oxygens (including phenoxy) is 2. The van der Waals surface area contributed by atoms with E-state index in [1.54, 1.807) is 39.0 Å². The Morgan fingerprint density at radius 3 is 1.48 bits per heavy atom. The molecule has 4 atom stereocenters. The Morgan fingerprint density at radius 2 is 1.06 bits per heavy atom. The van der Waals surface area contributed by atoms with Crippen LogP contribution in [-0.2, 0) is 4.79 Å². The van der Waals surface area contributed by atoms with Crippen LogP contribution in [0.5, 0.6) is 11.8 Å². The summed E-state index contributed by atoms with van der Waals surface area (Å²) in [5.41, 5.74) is 6.69. The van der Waals surface area contributed by atoms with Crippen molar-refractivity contribution in [3.05, 3.63) is 169 Å². The summed E-state index contributed by atoms with van der Waals surface area (Å²) in [6.45, 7) is 0. The lowest BCUT2D eigenvalue weighted by molar-refractivity contribution is -0.122. The molecule has 54 heavy (non-hydrogen) atoms. The minimum atomic E-state index is -0.754. The third-order valence-corrected chi connectivity index (χ3v) is 9.81. The van der Waals surface area contributed by atoms with E-state index in [0.717, 1.165) is 55.4 Å². The number of aromatic nitrogens is 6. The fourth-order valence-electron chi connectivity index (χ4n) is 7.31. The van der Waals surface area contributed by atoms with Gasteiger partial charge in [-0.15, -0.1) is 0 Å². The molecule has 6 aromatic heterocycles. The molecule has 8 rings (SSSR count). The number of carbonyl (C=O) groups is 1. The van der Waals surface area contributed by atoms with Crippen molar-refractivity contribution in [3.8, 4) is 11.8 Å². The highest BCUT2D eigenvalue weighted by molar-refractivity contribution is 6.01. The van der Waals surface area contributed by atoms with Crippen LogP contribution < -0.4 is 20.1 Å². The first-order valence-electron chi connectivity index (χ1n) is 17.6. The van der Waals surface area contributed by atoms with E-state index in [1.165, 1.54) is 0 Å². The molecule has 0 aliphatic carbocycles. The predicted octanol–water partition coefficient (Wildman–Crippen LogP) is 8.39. The zero-order valence-corrected chi connectivity index (χ0v) is 29.7. The first kappa shape index (κ1) is 34.1. The Hall–Kier alpha value is -7.01. The minimum absolute atomic E-state index is 0.0331. The number of pyridine rings is 4. The van der Waals surface area contributed by atoms with Gasteiger partial charge in [0.1, 0.15) is 0 Å². The monoisotopic (exact) mass is 714 g/mol. The van der Waals surface area contributed by atoms with Crippen molar-refractivity contribution < 1.29 is 14.3 Å². The molecule has 11 heteroatoms. The average molecular weight is 715 g/mol. The maximum atomic E-state index is 16.4. The minimum Gasteiger partial charge on any atom is -0.481 e. The lowest BCUT2D eigenvalue weighted by atomic mass is 9.74. The van der Waals surface area contributed by atoms with E-state index in [0.29, 0.717) is 11.8 Å². The van der Waals surface area contributed by atoms with Gasteiger partial charge >= 0.3 is 0 Å². The number of ketones is 1. The third kappa shape index (κ3) is 6.82. The van der Waals surface area contributed by atoms with Crippen molar-refractivity contribution in [1.82, 2.24) is 29.9 Å². The molecule has 0 aliphatic rings. The topological polar surface area (TPSA) is 143 Å². The average Bonchev–Trinajstić information content (AvgIpc) is 3.86. The van der Waals surface area contributed by atoms with Gasteiger partial charge in [0, 0.05) is 94.9 Å². The number of benzene rings is 2. The lowest BCUT2D eigenvalue weighted by Crippen LogP contribution is -2.34. The zero-order valence-electron chi connectivity index (χ0n) is 29.7. The number of para-hydroxylation sites is 2. The maximum Gasteiger partial charge on any atom is 0.214 e. The van der Waals surface area contributed by atoms with Gasteiger partial charge < -0.3 is 30.1 Å². The summed E-state index contributed by atoms with van der Waals surface area (Å²) in [6, 6.07) is 30.1. The molecule has 0 amide bonds. The Kier molecular flexibility index (Phi) is 9.66. The molecular formula is C43H38N8O3. The zero-order chi connectivity index (χ0) is 36.9. The fraction of sp³-hybridized carbons (Fsp3) is 0.140. The van der Waals surface area contributed by atoms with Gasteiger partial charge in [0.25, 0.3) is 0 Å². The van der Waals surface area contributed by atoms with E-state index in [1.807, 2.05) is 110 Å². The molecule has 11 nitrogen and oxygen atoms in total. The summed E-state index contributed by atoms with van der Waals surface area (Å²) in [4.78, 5) is 41.0. The molecule has 6 heterocycles. The SMILES string of the molecule is COc1cc(NC(c2cccnc2)C(C(=O)C(c2c[nH]c3ccccc23)C(Nc2ccnc(OC)c2)c2cccnc2)c2c[nH]c3ccccc23)ccn1. The lowest BCUT2D eigenvalue weighted by Gasteiger charge is -2.35. The van der Waals surface area contributed by atoms with Crippen LogP contribution in [0.2, 0.25) is 0 Å². The fourth-order valence-corrected chi connectivity index (χ4v) is 7.31. The molecule has 0 spiro atoms. The van der Waals surface area contributed by atoms with Crippen LogP contribution in [-0.4, -0.2) is 49.9 Å². The van der Waals surface area contributed by atoms with Gasteiger partial charge in [0.05, 0.1) is 38.1 Å². The summed E-state index contributed by atoms with van der Waals surface area (Å²) in [5.74, 6) is -0.642. The summed E-state index contributed by atoms with van der Waals surface area (Å²) >= 11 is 0. The third-order valence-electron chi connectivity index (χ3n) is 9.81. The number of H-pyrrole nitrogens is 2. The number of Topliss-reactive ketones (excluding diaryl/α,β-unsaturated/α-hetero) is 1. The molecule has 0 aliphatic heterocycles. The second kappa shape index (κ2) is 15.3. The van der Waals surface area contributed by atoms with Gasteiger partial charge in [-0.25, -0.2) is 9.97 Å². The number of nitrogens with one attached hydrogen (secondary N) is 4. The summed E-state index contributed by atoms with van der Waals surface area (Å²) in [5, 5.41) is 9.34. The Morgan fingerprint density at radius 1 is 0.593 bits per heavy atom. The number of anilines is 2. The highest BCUT2D eigenvalue weighted by Crippen LogP contribution is 2.46. The normalized spacial score (nSPS) is 13.5. The predicted molar refractivity (Wildman–Crippen MR) is 210 cm³/mol. The number of aromatic amines is 2. The Labute approximate surface area is 311 Å². The molecule has 8 aromatic rings. The highest BCUT2D eigenvalue weighted by Gasteiger charge is 2.42. The molecule has 0 fully saturated rings. The summed E-state index contributed by atoms with van der Waals surface area (Å²) in [7, 11) is 3.16. The number of fused-ring (bicyclic) bond motifs is 2. The first-order valence-corrected chi connectivity index (χ1v) is 17.6. The van der Waals surface area contributed by atoms with Gasteiger partial charge in [-0.1, -0.05) is 48.5 Å². The van der Waals surface area contributed by atoms with Gasteiger partial charge in [0.2, 0.25) is 11.8 Å². The van der Waals surface area contributed by atoms with Crippen molar-refractivity contribution in [2.45, 2.75) is 23.9 Å². The molecule has 0 radical (unpaired) electrons. The number of hydrogen-bond donors (Lipinski definition) is 4. The van der Waals surface area contributed by atoms with E-state index < -0.39 is 23.9 Å². The van der Waals surface area contributed by atoms with E-state index in [4.69, 9.17) is 9.47 Å². The van der Waals surface area contributed by atoms with Gasteiger partial charge in [0.15, 0.2) is 5.78 Å². The molecule has 268 valence electrons. The van der Waals surface area contributed by atoms with Crippen molar-refractivity contribution in [2.75, 3.05) is 24.9 Å². The Bertz CT molecular complexity index is 2330. The van der Waals surface area contributed by atoms with Gasteiger partial charge in [-0.2, -0.15) is 0 Å². The highest BCUT2D eigenvalue weighted by atomic mass is 16.5. The number of methoxy groups -OCH3 is 2. The van der Waals surface area contributed by atoms with E-state index >= 15 is 4.79 Å². The molecule has 0 bridgehead atoms. The van der Waals surface area contributed by atoms with Crippen LogP contribution in [0.4, 0.5) is 11.4 Å². The summed E-state index contributed by atoms with van der Waals surface area (Å²) < 4.78 is 11.0. The smallest absolute Gasteiger partial charge is 0.214 e. The van der Waals surface area contributed by atoms with Crippen molar-refractivity contribution in [3.63, 3.8) is 0 Å². The molecular weight excluding hydrogens is 677 g/mol. The van der Waals surface area contributed by atoms with Gasteiger partial charge in [-0.3, -0.25) is 14.8 Å². The quantitative estimate of drug-likeness (QED) is 0.0874. The van der Waals surface area contributed by atoms with E-state index in [2.05, 4.69) is 52.7 Å². The van der Waals surface area contributed by atoms with Crippen LogP contribution in [0.15, 0.2) is 147 Å². The van der Waals surface area contributed by atoms with E-state index in [9.17, 15) is 0 Å².